The number of amides is 3. The summed E-state index contributed by atoms with van der Waals surface area (Å²) in [6.45, 7) is -1.79. The maximum absolute atomic E-state index is 13.5. The van der Waals surface area contributed by atoms with Crippen molar-refractivity contribution >= 4 is 46.0 Å². The lowest BCUT2D eigenvalue weighted by Crippen LogP contribution is -2.50. The minimum atomic E-state index is -4.65. The number of hydrogen-bond donors (Lipinski definition) is 3. The molecule has 0 radical (unpaired) electrons. The molecule has 0 saturated heterocycles. The summed E-state index contributed by atoms with van der Waals surface area (Å²) in [7, 11) is 0. The maximum atomic E-state index is 13.5. The zero-order valence-corrected chi connectivity index (χ0v) is 22.6. The van der Waals surface area contributed by atoms with E-state index in [-0.39, 0.29) is 24.4 Å². The fraction of sp³-hybridized carbons (Fsp3) is 0.276. The lowest BCUT2D eigenvalue weighted by Gasteiger charge is -2.26. The molecule has 7 rings (SSSR count). The van der Waals surface area contributed by atoms with E-state index in [1.165, 1.54) is 6.20 Å². The molecule has 2 atom stereocenters. The van der Waals surface area contributed by atoms with Crippen molar-refractivity contribution in [1.29, 1.82) is 0 Å². The average molecular weight is 595 g/mol. The molecule has 1 spiro atoms. The molecule has 1 aliphatic carbocycles. The van der Waals surface area contributed by atoms with Gasteiger partial charge < -0.3 is 15.5 Å². The number of aromatic amines is 1. The molecule has 42 heavy (non-hydrogen) atoms. The standard InChI is InChI=1S/C29H22ClF3N6O3/c30-21-7-16-8-22(26(41)39(13-29(31,32)33)12-19(16)18-11-35-38-23(18)21)36-25(40)14-3-4-15-9-28(10-17(15)6-14)20-2-1-5-34-24(20)37-27(28)42/h1-7,11,22H,8-10,12-13H2,(H,35,38)(H,36,40)(H,34,37,42)/t22-,28?/m1/s1. The molecule has 2 aromatic heterocycles. The molecule has 4 heterocycles. The second-order valence-electron chi connectivity index (χ2n) is 11.0. The third kappa shape index (κ3) is 4.20. The first-order chi connectivity index (χ1) is 20.0. The van der Waals surface area contributed by atoms with Gasteiger partial charge in [-0.3, -0.25) is 19.5 Å². The minimum Gasteiger partial charge on any atom is -0.340 e. The number of halogens is 4. The van der Waals surface area contributed by atoms with E-state index < -0.39 is 36.0 Å². The van der Waals surface area contributed by atoms with E-state index in [1.807, 2.05) is 6.07 Å². The van der Waals surface area contributed by atoms with Crippen molar-refractivity contribution in [3.05, 3.63) is 87.2 Å². The maximum Gasteiger partial charge on any atom is 0.406 e. The first-order valence-corrected chi connectivity index (χ1v) is 13.6. The number of carbonyl (C=O) groups is 3. The van der Waals surface area contributed by atoms with Crippen molar-refractivity contribution in [3.63, 3.8) is 0 Å². The second-order valence-corrected chi connectivity index (χ2v) is 11.4. The molecule has 214 valence electrons. The van der Waals surface area contributed by atoms with Crippen molar-refractivity contribution in [2.45, 2.75) is 43.4 Å². The van der Waals surface area contributed by atoms with Crippen molar-refractivity contribution < 1.29 is 27.6 Å². The predicted molar refractivity (Wildman–Crippen MR) is 146 cm³/mol. The Kier molecular flexibility index (Phi) is 5.84. The van der Waals surface area contributed by atoms with Crippen LogP contribution in [0.25, 0.3) is 10.9 Å². The van der Waals surface area contributed by atoms with Gasteiger partial charge in [0.1, 0.15) is 18.4 Å². The average Bonchev–Trinajstić information content (AvgIpc) is 3.63. The molecule has 1 unspecified atom stereocenters. The van der Waals surface area contributed by atoms with E-state index in [0.29, 0.717) is 50.6 Å². The van der Waals surface area contributed by atoms with Crippen LogP contribution in [0.2, 0.25) is 5.02 Å². The fourth-order valence-electron chi connectivity index (χ4n) is 6.46. The van der Waals surface area contributed by atoms with Crippen LogP contribution in [0.4, 0.5) is 19.0 Å². The molecule has 4 aromatic rings. The monoisotopic (exact) mass is 594 g/mol. The van der Waals surface area contributed by atoms with Gasteiger partial charge in [0, 0.05) is 35.7 Å². The summed E-state index contributed by atoms with van der Waals surface area (Å²) < 4.78 is 40.5. The highest BCUT2D eigenvalue weighted by Crippen LogP contribution is 2.46. The van der Waals surface area contributed by atoms with Gasteiger partial charge in [-0.15, -0.1) is 0 Å². The van der Waals surface area contributed by atoms with Gasteiger partial charge >= 0.3 is 6.18 Å². The van der Waals surface area contributed by atoms with Gasteiger partial charge in [-0.2, -0.15) is 18.3 Å². The molecule has 13 heteroatoms. The summed E-state index contributed by atoms with van der Waals surface area (Å²) in [5.41, 5.74) is 3.43. The lowest BCUT2D eigenvalue weighted by molar-refractivity contribution is -0.163. The first kappa shape index (κ1) is 26.4. The van der Waals surface area contributed by atoms with Crippen molar-refractivity contribution in [1.82, 2.24) is 25.4 Å². The van der Waals surface area contributed by atoms with Crippen LogP contribution in [0.1, 0.15) is 38.2 Å². The molecule has 0 saturated carbocycles. The molecule has 3 N–H and O–H groups in total. The van der Waals surface area contributed by atoms with Crippen LogP contribution in [0.15, 0.2) is 48.8 Å². The van der Waals surface area contributed by atoms with E-state index in [4.69, 9.17) is 11.6 Å². The summed E-state index contributed by atoms with van der Waals surface area (Å²) in [6.07, 6.45) is -0.812. The third-order valence-corrected chi connectivity index (χ3v) is 8.69. The third-order valence-electron chi connectivity index (χ3n) is 8.39. The van der Waals surface area contributed by atoms with E-state index >= 15 is 0 Å². The number of carbonyl (C=O) groups excluding carboxylic acids is 3. The summed E-state index contributed by atoms with van der Waals surface area (Å²) in [5.74, 6) is -1.09. The number of pyridine rings is 1. The molecular formula is C29H22ClF3N6O3. The molecular weight excluding hydrogens is 573 g/mol. The predicted octanol–water partition coefficient (Wildman–Crippen LogP) is 3.85. The van der Waals surface area contributed by atoms with Crippen LogP contribution in [0, 0.1) is 0 Å². The SMILES string of the molecule is O=C(N[C@@H]1Cc2cc(Cl)c3[nH]ncc3c2CN(CC(F)(F)F)C1=O)c1ccc2c(c1)CC1(C2)C(=O)Nc2ncccc21. The Morgan fingerprint density at radius 3 is 2.76 bits per heavy atom. The van der Waals surface area contributed by atoms with Gasteiger partial charge in [0.05, 0.1) is 22.2 Å². The quantitative estimate of drug-likeness (QED) is 0.333. The van der Waals surface area contributed by atoms with Crippen LogP contribution in [0.5, 0.6) is 0 Å². The number of fused-ring (bicyclic) bond motifs is 6. The molecule has 0 fully saturated rings. The molecule has 2 aromatic carbocycles. The highest BCUT2D eigenvalue weighted by Gasteiger charge is 2.51. The number of anilines is 1. The first-order valence-electron chi connectivity index (χ1n) is 13.2. The molecule has 9 nitrogen and oxygen atoms in total. The molecule has 2 aliphatic heterocycles. The highest BCUT2D eigenvalue weighted by atomic mass is 35.5. The summed E-state index contributed by atoms with van der Waals surface area (Å²) in [5, 5.41) is 13.0. The number of alkyl halides is 3. The molecule has 3 amide bonds. The Morgan fingerprint density at radius 1 is 1.14 bits per heavy atom. The number of nitrogens with zero attached hydrogens (tertiary/aromatic N) is 3. The van der Waals surface area contributed by atoms with Gasteiger partial charge in [0.2, 0.25) is 11.8 Å². The number of aromatic nitrogens is 3. The number of benzene rings is 2. The smallest absolute Gasteiger partial charge is 0.340 e. The van der Waals surface area contributed by atoms with E-state index in [0.717, 1.165) is 16.7 Å². The van der Waals surface area contributed by atoms with E-state index in [1.54, 1.807) is 36.5 Å². The van der Waals surface area contributed by atoms with Crippen LogP contribution >= 0.6 is 11.6 Å². The zero-order valence-electron chi connectivity index (χ0n) is 21.8. The fourth-order valence-corrected chi connectivity index (χ4v) is 6.74. The van der Waals surface area contributed by atoms with E-state index in [2.05, 4.69) is 25.8 Å². The van der Waals surface area contributed by atoms with Crippen molar-refractivity contribution in [3.8, 4) is 0 Å². The van der Waals surface area contributed by atoms with Crippen LogP contribution in [-0.4, -0.2) is 56.6 Å². The molecule has 3 aliphatic rings. The van der Waals surface area contributed by atoms with Crippen LogP contribution in [0.3, 0.4) is 0 Å². The van der Waals surface area contributed by atoms with Crippen LogP contribution < -0.4 is 10.6 Å². The Balaban J connectivity index is 1.18. The van der Waals surface area contributed by atoms with Crippen LogP contribution in [-0.2, 0) is 40.8 Å². The Morgan fingerprint density at radius 2 is 1.95 bits per heavy atom. The summed E-state index contributed by atoms with van der Waals surface area (Å²) >= 11 is 6.40. The second kappa shape index (κ2) is 9.28. The highest BCUT2D eigenvalue weighted by molar-refractivity contribution is 6.35. The Hall–Kier alpha value is -4.45. The van der Waals surface area contributed by atoms with Gasteiger partial charge in [-0.1, -0.05) is 23.7 Å². The topological polar surface area (TPSA) is 120 Å². The lowest BCUT2D eigenvalue weighted by atomic mass is 9.79. The zero-order chi connectivity index (χ0) is 29.4. The summed E-state index contributed by atoms with van der Waals surface area (Å²) in [6, 6.07) is 9.02. The van der Waals surface area contributed by atoms with Gasteiger partial charge in [-0.25, -0.2) is 4.98 Å². The largest absolute Gasteiger partial charge is 0.406 e. The van der Waals surface area contributed by atoms with Crippen molar-refractivity contribution in [2.24, 2.45) is 0 Å². The number of hydrogen-bond acceptors (Lipinski definition) is 5. The number of nitrogens with one attached hydrogen (secondary N) is 3. The molecule has 0 bridgehead atoms. The summed E-state index contributed by atoms with van der Waals surface area (Å²) in [4.78, 5) is 44.9. The van der Waals surface area contributed by atoms with Crippen molar-refractivity contribution in [2.75, 3.05) is 11.9 Å². The Labute approximate surface area is 241 Å². The van der Waals surface area contributed by atoms with Gasteiger partial charge in [0.15, 0.2) is 0 Å². The normalized spacial score (nSPS) is 21.2. The van der Waals surface area contributed by atoms with E-state index in [9.17, 15) is 27.6 Å². The number of rotatable bonds is 3. The van der Waals surface area contributed by atoms with Gasteiger partial charge in [0.25, 0.3) is 5.91 Å². The number of H-pyrrole nitrogens is 1. The Bertz CT molecular complexity index is 1820. The minimum absolute atomic E-state index is 0.0485. The van der Waals surface area contributed by atoms with Gasteiger partial charge in [-0.05, 0) is 59.4 Å².